The average molecular weight is 347 g/mol. The Morgan fingerprint density at radius 3 is 2.75 bits per heavy atom. The van der Waals surface area contributed by atoms with Gasteiger partial charge in [-0.1, -0.05) is 11.6 Å². The lowest BCUT2D eigenvalue weighted by Gasteiger charge is -2.07. The van der Waals surface area contributed by atoms with E-state index in [4.69, 9.17) is 16.3 Å². The Morgan fingerprint density at radius 1 is 1.33 bits per heavy atom. The first-order valence-electron chi connectivity index (χ1n) is 6.79. The smallest absolute Gasteiger partial charge is 0.322 e. The monoisotopic (exact) mass is 346 g/mol. The normalized spacial score (nSPS) is 14.4. The zero-order chi connectivity index (χ0) is 17.4. The van der Waals surface area contributed by atoms with Gasteiger partial charge in [0, 0.05) is 21.8 Å². The molecule has 0 radical (unpaired) electrons. The first kappa shape index (κ1) is 15.8. The van der Waals surface area contributed by atoms with Crippen LogP contribution in [0.1, 0.15) is 11.1 Å². The van der Waals surface area contributed by atoms with Crippen molar-refractivity contribution in [1.82, 2.24) is 0 Å². The lowest BCUT2D eigenvalue weighted by molar-refractivity contribution is -0.386. The van der Waals surface area contributed by atoms with Gasteiger partial charge in [-0.2, -0.15) is 0 Å². The standard InChI is InChI=1S/C16H11ClN2O5/c1-24-15-13(20)5-2-8(14(15)19(22)23)6-11-10-7-9(17)3-4-12(10)18-16(11)21/h2-7,20H,1H3,(H,18,21)/b11-6-. The second-order valence-corrected chi connectivity index (χ2v) is 5.45. The number of aromatic hydroxyl groups is 1. The van der Waals surface area contributed by atoms with Crippen LogP contribution in [0, 0.1) is 10.1 Å². The van der Waals surface area contributed by atoms with Crippen molar-refractivity contribution < 1.29 is 19.6 Å². The number of benzene rings is 2. The molecule has 8 heteroatoms. The summed E-state index contributed by atoms with van der Waals surface area (Å²) in [5.74, 6) is -1.02. The summed E-state index contributed by atoms with van der Waals surface area (Å²) in [6.07, 6.45) is 1.37. The zero-order valence-corrected chi connectivity index (χ0v) is 13.1. The highest BCUT2D eigenvalue weighted by atomic mass is 35.5. The maximum Gasteiger partial charge on any atom is 0.322 e. The van der Waals surface area contributed by atoms with Gasteiger partial charge in [-0.25, -0.2) is 0 Å². The topological polar surface area (TPSA) is 102 Å². The number of hydrogen-bond donors (Lipinski definition) is 2. The predicted molar refractivity (Wildman–Crippen MR) is 89.3 cm³/mol. The molecule has 1 amide bonds. The number of nitrogens with zero attached hydrogens (tertiary/aromatic N) is 1. The zero-order valence-electron chi connectivity index (χ0n) is 12.4. The molecular formula is C16H11ClN2O5. The molecule has 0 saturated heterocycles. The second-order valence-electron chi connectivity index (χ2n) is 5.01. The third-order valence-electron chi connectivity index (χ3n) is 3.59. The number of amides is 1. The summed E-state index contributed by atoms with van der Waals surface area (Å²) in [7, 11) is 1.22. The highest BCUT2D eigenvalue weighted by Crippen LogP contribution is 2.42. The van der Waals surface area contributed by atoms with Gasteiger partial charge in [0.15, 0.2) is 5.75 Å². The highest BCUT2D eigenvalue weighted by Gasteiger charge is 2.28. The lowest BCUT2D eigenvalue weighted by Crippen LogP contribution is -2.04. The Balaban J connectivity index is 2.22. The van der Waals surface area contributed by atoms with Crippen molar-refractivity contribution >= 4 is 40.5 Å². The number of phenols is 1. The number of carbonyl (C=O) groups excluding carboxylic acids is 1. The molecule has 2 aromatic carbocycles. The largest absolute Gasteiger partial charge is 0.504 e. The van der Waals surface area contributed by atoms with Crippen LogP contribution >= 0.6 is 11.6 Å². The van der Waals surface area contributed by atoms with E-state index < -0.39 is 16.5 Å². The highest BCUT2D eigenvalue weighted by molar-refractivity contribution is 6.36. The SMILES string of the molecule is COc1c(O)ccc(/C=C2\C(=O)Nc3ccc(Cl)cc32)c1[N+](=O)[O-]. The molecule has 0 bridgehead atoms. The van der Waals surface area contributed by atoms with Crippen LogP contribution in [0.2, 0.25) is 5.02 Å². The molecule has 2 aromatic rings. The summed E-state index contributed by atoms with van der Waals surface area (Å²) in [6, 6.07) is 7.50. The quantitative estimate of drug-likeness (QED) is 0.503. The summed E-state index contributed by atoms with van der Waals surface area (Å²) < 4.78 is 4.92. The molecule has 1 heterocycles. The minimum absolute atomic E-state index is 0.132. The summed E-state index contributed by atoms with van der Waals surface area (Å²) in [5.41, 5.74) is 1.07. The Bertz CT molecular complexity index is 908. The van der Waals surface area contributed by atoms with Crippen LogP contribution in [0.3, 0.4) is 0 Å². The minimum atomic E-state index is -0.670. The third kappa shape index (κ3) is 2.55. The predicted octanol–water partition coefficient (Wildman–Crippen LogP) is 3.46. The van der Waals surface area contributed by atoms with Gasteiger partial charge in [-0.05, 0) is 36.4 Å². The van der Waals surface area contributed by atoms with Crippen LogP contribution in [0.4, 0.5) is 11.4 Å². The van der Waals surface area contributed by atoms with E-state index in [1.807, 2.05) is 0 Å². The van der Waals surface area contributed by atoms with Gasteiger partial charge in [-0.3, -0.25) is 14.9 Å². The van der Waals surface area contributed by atoms with Crippen molar-refractivity contribution in [3.8, 4) is 11.5 Å². The Labute approximate surface area is 141 Å². The van der Waals surface area contributed by atoms with E-state index >= 15 is 0 Å². The number of nitro groups is 1. The molecule has 2 N–H and O–H groups in total. The number of carbonyl (C=O) groups is 1. The fourth-order valence-corrected chi connectivity index (χ4v) is 2.71. The average Bonchev–Trinajstić information content (AvgIpc) is 2.83. The molecule has 24 heavy (non-hydrogen) atoms. The fourth-order valence-electron chi connectivity index (χ4n) is 2.54. The summed E-state index contributed by atoms with van der Waals surface area (Å²) in [4.78, 5) is 22.9. The number of methoxy groups -OCH3 is 1. The number of nitrogens with one attached hydrogen (secondary N) is 1. The molecule has 0 spiro atoms. The van der Waals surface area contributed by atoms with Gasteiger partial charge < -0.3 is 15.2 Å². The van der Waals surface area contributed by atoms with Gasteiger partial charge in [-0.15, -0.1) is 0 Å². The van der Waals surface area contributed by atoms with Crippen LogP contribution in [0.25, 0.3) is 11.6 Å². The first-order valence-corrected chi connectivity index (χ1v) is 7.17. The van der Waals surface area contributed by atoms with E-state index in [-0.39, 0.29) is 22.6 Å². The molecule has 122 valence electrons. The number of rotatable bonds is 3. The molecule has 0 unspecified atom stereocenters. The summed E-state index contributed by atoms with van der Waals surface area (Å²) in [6.45, 7) is 0. The van der Waals surface area contributed by atoms with Crippen molar-refractivity contribution in [2.75, 3.05) is 12.4 Å². The minimum Gasteiger partial charge on any atom is -0.504 e. The molecule has 0 saturated carbocycles. The molecule has 7 nitrogen and oxygen atoms in total. The molecule has 0 atom stereocenters. The van der Waals surface area contributed by atoms with E-state index in [0.717, 1.165) is 0 Å². The van der Waals surface area contributed by atoms with Crippen molar-refractivity contribution in [3.05, 3.63) is 56.6 Å². The number of hydrogen-bond acceptors (Lipinski definition) is 5. The molecule has 0 fully saturated rings. The van der Waals surface area contributed by atoms with Crippen LogP contribution < -0.4 is 10.1 Å². The number of halogens is 1. The molecule has 0 aliphatic carbocycles. The number of ether oxygens (including phenoxy) is 1. The van der Waals surface area contributed by atoms with Crippen molar-refractivity contribution in [3.63, 3.8) is 0 Å². The van der Waals surface area contributed by atoms with Crippen LogP contribution in [-0.2, 0) is 4.79 Å². The molecule has 1 aliphatic rings. The van der Waals surface area contributed by atoms with Gasteiger partial charge in [0.1, 0.15) is 0 Å². The van der Waals surface area contributed by atoms with Crippen LogP contribution in [-0.4, -0.2) is 23.0 Å². The number of fused-ring (bicyclic) bond motifs is 1. The fraction of sp³-hybridized carbons (Fsp3) is 0.0625. The number of anilines is 1. The maximum absolute atomic E-state index is 12.2. The van der Waals surface area contributed by atoms with E-state index in [1.54, 1.807) is 18.2 Å². The van der Waals surface area contributed by atoms with Gasteiger partial charge >= 0.3 is 5.69 Å². The number of phenolic OH excluding ortho intramolecular Hbond substituents is 1. The lowest BCUT2D eigenvalue weighted by atomic mass is 10.0. The molecule has 3 rings (SSSR count). The van der Waals surface area contributed by atoms with Crippen molar-refractivity contribution in [2.45, 2.75) is 0 Å². The van der Waals surface area contributed by atoms with E-state index in [0.29, 0.717) is 16.3 Å². The van der Waals surface area contributed by atoms with Crippen LogP contribution in [0.5, 0.6) is 11.5 Å². The first-order chi connectivity index (χ1) is 11.4. The third-order valence-corrected chi connectivity index (χ3v) is 3.83. The second kappa shape index (κ2) is 5.86. The maximum atomic E-state index is 12.2. The summed E-state index contributed by atoms with van der Waals surface area (Å²) in [5, 5.41) is 24.2. The van der Waals surface area contributed by atoms with Gasteiger partial charge in [0.2, 0.25) is 5.75 Å². The molecule has 1 aliphatic heterocycles. The van der Waals surface area contributed by atoms with Gasteiger partial charge in [0.25, 0.3) is 5.91 Å². The van der Waals surface area contributed by atoms with Crippen molar-refractivity contribution in [1.29, 1.82) is 0 Å². The van der Waals surface area contributed by atoms with E-state index in [2.05, 4.69) is 5.32 Å². The van der Waals surface area contributed by atoms with E-state index in [1.165, 1.54) is 25.3 Å². The van der Waals surface area contributed by atoms with Crippen LogP contribution in [0.15, 0.2) is 30.3 Å². The molecule has 0 aromatic heterocycles. The number of nitro benzene ring substituents is 1. The Kier molecular flexibility index (Phi) is 3.86. The Hall–Kier alpha value is -3.06. The van der Waals surface area contributed by atoms with Crippen molar-refractivity contribution in [2.24, 2.45) is 0 Å². The Morgan fingerprint density at radius 2 is 2.08 bits per heavy atom. The van der Waals surface area contributed by atoms with E-state index in [9.17, 15) is 20.0 Å². The summed E-state index contributed by atoms with van der Waals surface area (Å²) >= 11 is 5.96. The molecular weight excluding hydrogens is 336 g/mol. The van der Waals surface area contributed by atoms with Gasteiger partial charge in [0.05, 0.1) is 17.6 Å².